The standard InChI is InChI=1S/C21H20N6O2/c22-12-16(21(29)26-8-4-9-26)19(23)20(28)24-15-7-10-27-13-17(25-18(27)11-15)14-5-2-1-3-6-14/h1-3,5-7,10-13,22H,4,8-9,23H2,(H,24,28)/b19-16+,22-12?. The number of anilines is 1. The normalized spacial score (nSPS) is 14.1. The number of carbonyl (C=O) groups excluding carboxylic acids is 2. The lowest BCUT2D eigenvalue weighted by molar-refractivity contribution is -0.130. The number of fused-ring (bicyclic) bond motifs is 1. The Morgan fingerprint density at radius 3 is 2.59 bits per heavy atom. The number of likely N-dealkylation sites (tertiary alicyclic amines) is 1. The number of hydrogen-bond acceptors (Lipinski definition) is 5. The van der Waals surface area contributed by atoms with E-state index >= 15 is 0 Å². The van der Waals surface area contributed by atoms with Crippen LogP contribution in [0, 0.1) is 5.41 Å². The fourth-order valence-electron chi connectivity index (χ4n) is 3.07. The summed E-state index contributed by atoms with van der Waals surface area (Å²) < 4.78 is 1.85. The Labute approximate surface area is 167 Å². The molecule has 0 aliphatic carbocycles. The van der Waals surface area contributed by atoms with E-state index in [1.54, 1.807) is 23.2 Å². The smallest absolute Gasteiger partial charge is 0.272 e. The average Bonchev–Trinajstić information content (AvgIpc) is 3.11. The SMILES string of the molecule is N=C/C(C(=O)N1CCC1)=C(\N)C(=O)Nc1ccn2cc(-c3ccccc3)nc2c1. The first-order valence-corrected chi connectivity index (χ1v) is 9.22. The molecule has 1 saturated heterocycles. The minimum Gasteiger partial charge on any atom is -0.394 e. The number of hydrogen-bond donors (Lipinski definition) is 3. The number of nitrogens with zero attached hydrogens (tertiary/aromatic N) is 3. The maximum atomic E-state index is 12.5. The van der Waals surface area contributed by atoms with E-state index < -0.39 is 11.8 Å². The molecule has 0 bridgehead atoms. The summed E-state index contributed by atoms with van der Waals surface area (Å²) in [7, 11) is 0. The first kappa shape index (κ1) is 18.4. The Hall–Kier alpha value is -3.94. The predicted molar refractivity (Wildman–Crippen MR) is 110 cm³/mol. The van der Waals surface area contributed by atoms with E-state index in [2.05, 4.69) is 10.3 Å². The lowest BCUT2D eigenvalue weighted by Gasteiger charge is -2.31. The van der Waals surface area contributed by atoms with Crippen molar-refractivity contribution in [3.05, 3.63) is 66.1 Å². The topological polar surface area (TPSA) is 117 Å². The molecular weight excluding hydrogens is 368 g/mol. The summed E-state index contributed by atoms with van der Waals surface area (Å²) in [4.78, 5) is 31.0. The lowest BCUT2D eigenvalue weighted by atomic mass is 10.1. The Balaban J connectivity index is 1.56. The largest absolute Gasteiger partial charge is 0.394 e. The molecule has 4 N–H and O–H groups in total. The third-order valence-electron chi connectivity index (χ3n) is 4.84. The van der Waals surface area contributed by atoms with Crippen LogP contribution in [0.15, 0.2) is 66.1 Å². The maximum Gasteiger partial charge on any atom is 0.272 e. The molecule has 0 unspecified atom stereocenters. The van der Waals surface area contributed by atoms with Crippen LogP contribution in [0.2, 0.25) is 0 Å². The van der Waals surface area contributed by atoms with Crippen LogP contribution in [0.25, 0.3) is 16.9 Å². The monoisotopic (exact) mass is 388 g/mol. The number of benzene rings is 1. The van der Waals surface area contributed by atoms with Gasteiger partial charge >= 0.3 is 0 Å². The van der Waals surface area contributed by atoms with Crippen molar-refractivity contribution in [3.8, 4) is 11.3 Å². The van der Waals surface area contributed by atoms with Crippen LogP contribution < -0.4 is 11.1 Å². The molecule has 2 amide bonds. The van der Waals surface area contributed by atoms with Crippen LogP contribution in [0.5, 0.6) is 0 Å². The van der Waals surface area contributed by atoms with Gasteiger partial charge in [-0.05, 0) is 12.5 Å². The predicted octanol–water partition coefficient (Wildman–Crippen LogP) is 2.03. The van der Waals surface area contributed by atoms with Crippen molar-refractivity contribution >= 4 is 29.4 Å². The lowest BCUT2D eigenvalue weighted by Crippen LogP contribution is -2.44. The van der Waals surface area contributed by atoms with Crippen LogP contribution in [0.4, 0.5) is 5.69 Å². The van der Waals surface area contributed by atoms with Gasteiger partial charge in [-0.3, -0.25) is 9.59 Å². The zero-order valence-corrected chi connectivity index (χ0v) is 15.6. The molecule has 8 nitrogen and oxygen atoms in total. The molecule has 1 aromatic carbocycles. The Kier molecular flexibility index (Phi) is 4.82. The highest BCUT2D eigenvalue weighted by molar-refractivity contribution is 6.19. The van der Waals surface area contributed by atoms with E-state index in [9.17, 15) is 9.59 Å². The van der Waals surface area contributed by atoms with Gasteiger partial charge in [0, 0.05) is 49.0 Å². The second-order valence-electron chi connectivity index (χ2n) is 6.74. The highest BCUT2D eigenvalue weighted by Gasteiger charge is 2.26. The van der Waals surface area contributed by atoms with Crippen LogP contribution >= 0.6 is 0 Å². The van der Waals surface area contributed by atoms with Gasteiger partial charge in [0.25, 0.3) is 11.8 Å². The fourth-order valence-corrected chi connectivity index (χ4v) is 3.07. The van der Waals surface area contributed by atoms with E-state index in [4.69, 9.17) is 11.1 Å². The van der Waals surface area contributed by atoms with Crippen LogP contribution in [0.1, 0.15) is 6.42 Å². The van der Waals surface area contributed by atoms with E-state index in [0.717, 1.165) is 23.9 Å². The minimum absolute atomic E-state index is 0.101. The number of nitrogens with one attached hydrogen (secondary N) is 2. The third-order valence-corrected chi connectivity index (χ3v) is 4.84. The molecule has 3 heterocycles. The summed E-state index contributed by atoms with van der Waals surface area (Å²) >= 11 is 0. The van der Waals surface area contributed by atoms with Gasteiger partial charge in [0.15, 0.2) is 0 Å². The quantitative estimate of drug-likeness (QED) is 0.458. The summed E-state index contributed by atoms with van der Waals surface area (Å²) in [6.45, 7) is 1.23. The second-order valence-corrected chi connectivity index (χ2v) is 6.74. The molecule has 0 radical (unpaired) electrons. The van der Waals surface area contributed by atoms with Crippen molar-refractivity contribution in [2.75, 3.05) is 18.4 Å². The molecular formula is C21H20N6O2. The molecule has 0 atom stereocenters. The maximum absolute atomic E-state index is 12.5. The molecule has 29 heavy (non-hydrogen) atoms. The molecule has 4 rings (SSSR count). The Bertz CT molecular complexity index is 1130. The number of carbonyl (C=O) groups is 2. The summed E-state index contributed by atoms with van der Waals surface area (Å²) in [5, 5.41) is 10.2. The molecule has 3 aromatic rings. The van der Waals surface area contributed by atoms with Gasteiger partial charge in [0.2, 0.25) is 0 Å². The van der Waals surface area contributed by atoms with Crippen molar-refractivity contribution < 1.29 is 9.59 Å². The Morgan fingerprint density at radius 1 is 1.17 bits per heavy atom. The molecule has 2 aromatic heterocycles. The zero-order valence-electron chi connectivity index (χ0n) is 15.6. The number of amides is 2. The molecule has 1 fully saturated rings. The van der Waals surface area contributed by atoms with E-state index in [0.29, 0.717) is 24.4 Å². The highest BCUT2D eigenvalue weighted by Crippen LogP contribution is 2.21. The molecule has 1 aliphatic rings. The van der Waals surface area contributed by atoms with Crippen molar-refractivity contribution in [3.63, 3.8) is 0 Å². The molecule has 0 spiro atoms. The van der Waals surface area contributed by atoms with Gasteiger partial charge in [-0.15, -0.1) is 0 Å². The third kappa shape index (κ3) is 3.60. The highest BCUT2D eigenvalue weighted by atomic mass is 16.2. The number of aromatic nitrogens is 2. The second kappa shape index (κ2) is 7.59. The number of imidazole rings is 1. The van der Waals surface area contributed by atoms with Gasteiger partial charge in [0.1, 0.15) is 11.3 Å². The van der Waals surface area contributed by atoms with Gasteiger partial charge in [0.05, 0.1) is 11.3 Å². The van der Waals surface area contributed by atoms with Gasteiger partial charge in [-0.25, -0.2) is 4.98 Å². The first-order chi connectivity index (χ1) is 14.1. The number of rotatable bonds is 5. The molecule has 8 heteroatoms. The number of nitrogens with two attached hydrogens (primary N) is 1. The zero-order chi connectivity index (χ0) is 20.4. The van der Waals surface area contributed by atoms with Crippen molar-refractivity contribution in [1.82, 2.24) is 14.3 Å². The van der Waals surface area contributed by atoms with E-state index in [1.165, 1.54) is 0 Å². The molecule has 1 aliphatic heterocycles. The van der Waals surface area contributed by atoms with Crippen molar-refractivity contribution in [2.45, 2.75) is 6.42 Å². The van der Waals surface area contributed by atoms with Gasteiger partial charge in [-0.1, -0.05) is 30.3 Å². The number of pyridine rings is 1. The van der Waals surface area contributed by atoms with E-state index in [-0.39, 0.29) is 11.3 Å². The molecule has 0 saturated carbocycles. The summed E-state index contributed by atoms with van der Waals surface area (Å²) in [6, 6.07) is 13.2. The minimum atomic E-state index is -0.628. The van der Waals surface area contributed by atoms with Crippen LogP contribution in [-0.4, -0.2) is 45.4 Å². The summed E-state index contributed by atoms with van der Waals surface area (Å²) in [6.07, 6.45) is 5.44. The molecule has 146 valence electrons. The van der Waals surface area contributed by atoms with Crippen LogP contribution in [0.3, 0.4) is 0 Å². The Morgan fingerprint density at radius 2 is 1.93 bits per heavy atom. The summed E-state index contributed by atoms with van der Waals surface area (Å²) in [5.74, 6) is -1.02. The van der Waals surface area contributed by atoms with Gasteiger partial charge in [-0.2, -0.15) is 0 Å². The van der Waals surface area contributed by atoms with Gasteiger partial charge < -0.3 is 25.8 Å². The fraction of sp³-hybridized carbons (Fsp3) is 0.143. The van der Waals surface area contributed by atoms with E-state index in [1.807, 2.05) is 40.9 Å². The van der Waals surface area contributed by atoms with Crippen molar-refractivity contribution in [2.24, 2.45) is 5.73 Å². The van der Waals surface area contributed by atoms with Crippen LogP contribution in [-0.2, 0) is 9.59 Å². The first-order valence-electron chi connectivity index (χ1n) is 9.22. The summed E-state index contributed by atoms with van der Waals surface area (Å²) in [5.41, 5.74) is 8.47. The van der Waals surface area contributed by atoms with Crippen molar-refractivity contribution in [1.29, 1.82) is 5.41 Å². The average molecular weight is 388 g/mol.